The van der Waals surface area contributed by atoms with Gasteiger partial charge in [0.2, 0.25) is 0 Å². The summed E-state index contributed by atoms with van der Waals surface area (Å²) in [5, 5.41) is 6.13. The summed E-state index contributed by atoms with van der Waals surface area (Å²) in [5.74, 6) is 1.21. The monoisotopic (exact) mass is 540 g/mol. The third-order valence-electron chi connectivity index (χ3n) is 4.22. The van der Waals surface area contributed by atoms with Crippen LogP contribution in [0.25, 0.3) is 0 Å². The molecule has 3 rings (SSSR count). The van der Waals surface area contributed by atoms with Crippen LogP contribution in [0.3, 0.4) is 0 Å². The van der Waals surface area contributed by atoms with E-state index in [1.807, 2.05) is 49.4 Å². The van der Waals surface area contributed by atoms with E-state index in [1.54, 1.807) is 18.3 Å². The molecule has 0 aliphatic carbocycles. The van der Waals surface area contributed by atoms with Crippen molar-refractivity contribution >= 4 is 56.9 Å². The maximum atomic E-state index is 6.25. The Morgan fingerprint density at radius 1 is 0.968 bits per heavy atom. The Morgan fingerprint density at radius 3 is 2.42 bits per heavy atom. The molecule has 31 heavy (non-hydrogen) atoms. The summed E-state index contributed by atoms with van der Waals surface area (Å²) in [4.78, 5) is 0. The minimum Gasteiger partial charge on any atom is -0.490 e. The molecule has 0 heterocycles. The van der Waals surface area contributed by atoms with Crippen molar-refractivity contribution in [2.45, 2.75) is 20.1 Å². The molecule has 0 fully saturated rings. The summed E-state index contributed by atoms with van der Waals surface area (Å²) in [5.41, 5.74) is 5.80. The SMILES string of the molecule is CCOc1cc(/C=N\NCc2ccc(Cl)cc2)cc(Br)c1OCc1ccc(Cl)cc1Cl. The van der Waals surface area contributed by atoms with E-state index in [4.69, 9.17) is 44.3 Å². The molecule has 0 aliphatic heterocycles. The van der Waals surface area contributed by atoms with Gasteiger partial charge in [0.25, 0.3) is 0 Å². The van der Waals surface area contributed by atoms with Crippen molar-refractivity contribution in [2.24, 2.45) is 5.10 Å². The molecular weight excluding hydrogens is 523 g/mol. The Balaban J connectivity index is 1.69. The topological polar surface area (TPSA) is 42.8 Å². The molecule has 1 N–H and O–H groups in total. The molecule has 0 amide bonds. The van der Waals surface area contributed by atoms with Gasteiger partial charge in [-0.1, -0.05) is 53.0 Å². The molecule has 0 saturated heterocycles. The molecule has 0 aliphatic rings. The van der Waals surface area contributed by atoms with Crippen LogP contribution in [0.1, 0.15) is 23.6 Å². The summed E-state index contributed by atoms with van der Waals surface area (Å²) in [7, 11) is 0. The number of hydrazone groups is 1. The Labute approximate surface area is 205 Å². The fourth-order valence-corrected chi connectivity index (χ4v) is 3.88. The van der Waals surface area contributed by atoms with Crippen molar-refractivity contribution in [3.63, 3.8) is 0 Å². The van der Waals surface area contributed by atoms with Crippen molar-refractivity contribution < 1.29 is 9.47 Å². The van der Waals surface area contributed by atoms with Gasteiger partial charge < -0.3 is 14.9 Å². The van der Waals surface area contributed by atoms with E-state index in [2.05, 4.69) is 26.5 Å². The number of ether oxygens (including phenoxy) is 2. The maximum Gasteiger partial charge on any atom is 0.175 e. The second-order valence-electron chi connectivity index (χ2n) is 6.51. The highest BCUT2D eigenvalue weighted by molar-refractivity contribution is 9.10. The van der Waals surface area contributed by atoms with Gasteiger partial charge in [0.15, 0.2) is 11.5 Å². The number of benzene rings is 3. The molecule has 0 aromatic heterocycles. The van der Waals surface area contributed by atoms with Crippen LogP contribution in [0.5, 0.6) is 11.5 Å². The van der Waals surface area contributed by atoms with E-state index in [9.17, 15) is 0 Å². The lowest BCUT2D eigenvalue weighted by Gasteiger charge is -2.15. The molecule has 8 heteroatoms. The molecule has 0 spiro atoms. The van der Waals surface area contributed by atoms with E-state index >= 15 is 0 Å². The van der Waals surface area contributed by atoms with Gasteiger partial charge >= 0.3 is 0 Å². The highest BCUT2D eigenvalue weighted by atomic mass is 79.9. The maximum absolute atomic E-state index is 6.25. The average molecular weight is 543 g/mol. The minimum atomic E-state index is 0.283. The van der Waals surface area contributed by atoms with Crippen LogP contribution in [-0.2, 0) is 13.2 Å². The zero-order chi connectivity index (χ0) is 22.2. The molecule has 0 atom stereocenters. The number of hydrogen-bond donors (Lipinski definition) is 1. The van der Waals surface area contributed by atoms with Gasteiger partial charge in [-0.2, -0.15) is 5.10 Å². The number of halogens is 4. The van der Waals surface area contributed by atoms with Crippen molar-refractivity contribution in [2.75, 3.05) is 6.61 Å². The summed E-state index contributed by atoms with van der Waals surface area (Å²) in [6.45, 7) is 3.29. The standard InChI is InChI=1S/C23H20BrCl3N2O2/c1-2-30-22-10-16(13-29-28-12-15-3-6-18(25)7-4-15)9-20(24)23(22)31-14-17-5-8-19(26)11-21(17)27/h3-11,13,28H,2,12,14H2,1H3/b29-13-. The first-order chi connectivity index (χ1) is 15.0. The van der Waals surface area contributed by atoms with E-state index in [-0.39, 0.29) is 6.61 Å². The number of nitrogens with zero attached hydrogens (tertiary/aromatic N) is 1. The lowest BCUT2D eigenvalue weighted by atomic mass is 10.2. The van der Waals surface area contributed by atoms with Crippen LogP contribution in [0.2, 0.25) is 15.1 Å². The third kappa shape index (κ3) is 7.04. The van der Waals surface area contributed by atoms with Crippen LogP contribution >= 0.6 is 50.7 Å². The van der Waals surface area contributed by atoms with Crippen LogP contribution in [0, 0.1) is 0 Å². The lowest BCUT2D eigenvalue weighted by Crippen LogP contribution is -2.06. The quantitative estimate of drug-likeness (QED) is 0.225. The molecule has 0 radical (unpaired) electrons. The van der Waals surface area contributed by atoms with Crippen LogP contribution in [0.15, 0.2) is 64.2 Å². The molecule has 3 aromatic carbocycles. The van der Waals surface area contributed by atoms with Crippen molar-refractivity contribution in [3.8, 4) is 11.5 Å². The molecule has 4 nitrogen and oxygen atoms in total. The van der Waals surface area contributed by atoms with Crippen molar-refractivity contribution in [1.29, 1.82) is 0 Å². The zero-order valence-electron chi connectivity index (χ0n) is 16.7. The normalized spacial score (nSPS) is 11.0. The Bertz CT molecular complexity index is 1060. The predicted molar refractivity (Wildman–Crippen MR) is 132 cm³/mol. The predicted octanol–water partition coefficient (Wildman–Crippen LogP) is 7.51. The second-order valence-corrected chi connectivity index (χ2v) is 8.64. The Kier molecular flexibility index (Phi) is 8.90. The molecule has 162 valence electrons. The fraction of sp³-hybridized carbons (Fsp3) is 0.174. The van der Waals surface area contributed by atoms with Crippen molar-refractivity contribution in [3.05, 3.63) is 90.8 Å². The van der Waals surface area contributed by atoms with Gasteiger partial charge in [-0.25, -0.2) is 0 Å². The van der Waals surface area contributed by atoms with Gasteiger partial charge in [0.1, 0.15) is 6.61 Å². The highest BCUT2D eigenvalue weighted by Crippen LogP contribution is 2.37. The first-order valence-electron chi connectivity index (χ1n) is 9.49. The summed E-state index contributed by atoms with van der Waals surface area (Å²) in [6, 6.07) is 16.7. The number of hydrogen-bond acceptors (Lipinski definition) is 4. The fourth-order valence-electron chi connectivity index (χ4n) is 2.71. The average Bonchev–Trinajstić information content (AvgIpc) is 2.73. The van der Waals surface area contributed by atoms with E-state index in [0.29, 0.717) is 39.7 Å². The molecule has 0 unspecified atom stereocenters. The van der Waals surface area contributed by atoms with Gasteiger partial charge in [-0.15, -0.1) is 0 Å². The highest BCUT2D eigenvalue weighted by Gasteiger charge is 2.13. The summed E-state index contributed by atoms with van der Waals surface area (Å²) >= 11 is 21.7. The van der Waals surface area contributed by atoms with Crippen LogP contribution in [-0.4, -0.2) is 12.8 Å². The Morgan fingerprint density at radius 2 is 1.71 bits per heavy atom. The second kappa shape index (κ2) is 11.6. The smallest absolute Gasteiger partial charge is 0.175 e. The molecule has 3 aromatic rings. The molecular formula is C23H20BrCl3N2O2. The largest absolute Gasteiger partial charge is 0.490 e. The van der Waals surface area contributed by atoms with Crippen LogP contribution in [0.4, 0.5) is 0 Å². The van der Waals surface area contributed by atoms with Gasteiger partial charge in [0, 0.05) is 20.6 Å². The lowest BCUT2D eigenvalue weighted by molar-refractivity contribution is 0.267. The van der Waals surface area contributed by atoms with E-state index < -0.39 is 0 Å². The zero-order valence-corrected chi connectivity index (χ0v) is 20.5. The first kappa shape index (κ1) is 23.7. The first-order valence-corrected chi connectivity index (χ1v) is 11.4. The molecule has 0 bridgehead atoms. The number of rotatable bonds is 9. The summed E-state index contributed by atoms with van der Waals surface area (Å²) in [6.07, 6.45) is 1.73. The Hall–Kier alpha value is -1.92. The van der Waals surface area contributed by atoms with Gasteiger partial charge in [-0.3, -0.25) is 0 Å². The van der Waals surface area contributed by atoms with Gasteiger partial charge in [-0.05, 0) is 70.4 Å². The van der Waals surface area contributed by atoms with E-state index in [1.165, 1.54) is 0 Å². The van der Waals surface area contributed by atoms with Gasteiger partial charge in [0.05, 0.1) is 23.8 Å². The van der Waals surface area contributed by atoms with Crippen molar-refractivity contribution in [1.82, 2.24) is 5.43 Å². The van der Waals surface area contributed by atoms with E-state index in [0.717, 1.165) is 21.2 Å². The third-order valence-corrected chi connectivity index (χ3v) is 5.65. The molecule has 0 saturated carbocycles. The minimum absolute atomic E-state index is 0.283. The summed E-state index contributed by atoms with van der Waals surface area (Å²) < 4.78 is 12.5. The van der Waals surface area contributed by atoms with Crippen LogP contribution < -0.4 is 14.9 Å². The number of nitrogens with one attached hydrogen (secondary N) is 1.